The van der Waals surface area contributed by atoms with Gasteiger partial charge in [0.25, 0.3) is 0 Å². The lowest BCUT2D eigenvalue weighted by atomic mass is 10.3. The van der Waals surface area contributed by atoms with Gasteiger partial charge in [-0.25, -0.2) is 14.4 Å². The lowest BCUT2D eigenvalue weighted by Crippen LogP contribution is -1.90. The van der Waals surface area contributed by atoms with Crippen molar-refractivity contribution in [1.29, 1.82) is 0 Å². The van der Waals surface area contributed by atoms with E-state index < -0.39 is 5.82 Å². The van der Waals surface area contributed by atoms with Crippen LogP contribution in [0.2, 0.25) is 0 Å². The van der Waals surface area contributed by atoms with Crippen LogP contribution < -0.4 is 4.74 Å². The Morgan fingerprint density at radius 3 is 2.71 bits per heavy atom. The van der Waals surface area contributed by atoms with Crippen LogP contribution in [0.4, 0.5) is 4.39 Å². The molecular weight excluding hydrogens is 183 g/mol. The molecule has 0 radical (unpaired) electrons. The van der Waals surface area contributed by atoms with Crippen molar-refractivity contribution in [2.24, 2.45) is 0 Å². The summed E-state index contributed by atoms with van der Waals surface area (Å²) in [4.78, 5) is 7.54. The Labute approximate surface area is 80.2 Å². The van der Waals surface area contributed by atoms with Crippen LogP contribution in [0.3, 0.4) is 0 Å². The predicted octanol–water partition coefficient (Wildman–Crippen LogP) is 2.41. The minimum absolute atomic E-state index is 0.159. The maximum Gasteiger partial charge on any atom is 0.222 e. The minimum atomic E-state index is -0.411. The van der Waals surface area contributed by atoms with Gasteiger partial charge in [-0.2, -0.15) is 0 Å². The topological polar surface area (TPSA) is 35.0 Å². The van der Waals surface area contributed by atoms with Crippen LogP contribution in [0, 0.1) is 5.82 Å². The van der Waals surface area contributed by atoms with Crippen molar-refractivity contribution in [1.82, 2.24) is 9.97 Å². The number of para-hydroxylation sites is 1. The molecule has 4 heteroatoms. The molecule has 0 atom stereocenters. The molecule has 1 aromatic heterocycles. The monoisotopic (exact) mass is 190 g/mol. The number of halogens is 1. The van der Waals surface area contributed by atoms with Crippen LogP contribution in [0.1, 0.15) is 0 Å². The van der Waals surface area contributed by atoms with Gasteiger partial charge in [0.05, 0.1) is 0 Å². The van der Waals surface area contributed by atoms with Crippen molar-refractivity contribution in [2.75, 3.05) is 0 Å². The molecule has 1 heterocycles. The van der Waals surface area contributed by atoms with Crippen LogP contribution >= 0.6 is 0 Å². The SMILES string of the molecule is Fc1ccccc1Oc1ccncn1. The first-order valence-corrected chi connectivity index (χ1v) is 4.04. The van der Waals surface area contributed by atoms with E-state index in [1.807, 2.05) is 0 Å². The molecule has 0 unspecified atom stereocenters. The second kappa shape index (κ2) is 3.83. The normalized spacial score (nSPS) is 9.79. The number of ether oxygens (including phenoxy) is 1. The minimum Gasteiger partial charge on any atom is -0.436 e. The summed E-state index contributed by atoms with van der Waals surface area (Å²) in [5.74, 6) is 0.0717. The van der Waals surface area contributed by atoms with E-state index in [1.165, 1.54) is 24.7 Å². The Balaban J connectivity index is 2.24. The number of nitrogens with zero attached hydrogens (tertiary/aromatic N) is 2. The zero-order chi connectivity index (χ0) is 9.80. The number of benzene rings is 1. The third-order valence-corrected chi connectivity index (χ3v) is 1.61. The Bertz CT molecular complexity index is 419. The molecule has 0 fully saturated rings. The number of hydrogen-bond acceptors (Lipinski definition) is 3. The van der Waals surface area contributed by atoms with E-state index in [4.69, 9.17) is 4.74 Å². The van der Waals surface area contributed by atoms with E-state index in [0.29, 0.717) is 5.88 Å². The highest BCUT2D eigenvalue weighted by Crippen LogP contribution is 2.21. The standard InChI is InChI=1S/C10H7FN2O/c11-8-3-1-2-4-9(8)14-10-5-6-12-7-13-10/h1-7H. The molecule has 0 amide bonds. The third-order valence-electron chi connectivity index (χ3n) is 1.61. The summed E-state index contributed by atoms with van der Waals surface area (Å²) in [5.41, 5.74) is 0. The molecule has 0 aliphatic rings. The van der Waals surface area contributed by atoms with Gasteiger partial charge in [0.2, 0.25) is 5.88 Å². The van der Waals surface area contributed by atoms with Gasteiger partial charge in [-0.05, 0) is 12.1 Å². The van der Waals surface area contributed by atoms with Gasteiger partial charge >= 0.3 is 0 Å². The van der Waals surface area contributed by atoms with Gasteiger partial charge in [-0.1, -0.05) is 12.1 Å². The molecule has 2 aromatic rings. The van der Waals surface area contributed by atoms with Crippen LogP contribution in [0.15, 0.2) is 42.9 Å². The van der Waals surface area contributed by atoms with Gasteiger partial charge < -0.3 is 4.74 Å². The number of aromatic nitrogens is 2. The fourth-order valence-corrected chi connectivity index (χ4v) is 0.979. The predicted molar refractivity (Wildman–Crippen MR) is 48.5 cm³/mol. The van der Waals surface area contributed by atoms with Gasteiger partial charge in [-0.3, -0.25) is 0 Å². The highest BCUT2D eigenvalue weighted by Gasteiger charge is 2.02. The van der Waals surface area contributed by atoms with Crippen molar-refractivity contribution in [3.05, 3.63) is 48.7 Å². The first-order valence-electron chi connectivity index (χ1n) is 4.04. The largest absolute Gasteiger partial charge is 0.436 e. The Morgan fingerprint density at radius 1 is 1.14 bits per heavy atom. The highest BCUT2D eigenvalue weighted by atomic mass is 19.1. The molecule has 0 aliphatic heterocycles. The lowest BCUT2D eigenvalue weighted by Gasteiger charge is -2.03. The average molecular weight is 190 g/mol. The molecule has 1 aromatic carbocycles. The van der Waals surface area contributed by atoms with Gasteiger partial charge in [-0.15, -0.1) is 0 Å². The molecule has 0 saturated carbocycles. The van der Waals surface area contributed by atoms with Crippen molar-refractivity contribution in [3.63, 3.8) is 0 Å². The Kier molecular flexibility index (Phi) is 2.36. The third kappa shape index (κ3) is 1.85. The average Bonchev–Trinajstić information content (AvgIpc) is 2.23. The Hall–Kier alpha value is -1.97. The first kappa shape index (κ1) is 8.62. The fraction of sp³-hybridized carbons (Fsp3) is 0. The highest BCUT2D eigenvalue weighted by molar-refractivity contribution is 5.27. The molecule has 0 N–H and O–H groups in total. The smallest absolute Gasteiger partial charge is 0.222 e. The summed E-state index contributed by atoms with van der Waals surface area (Å²) >= 11 is 0. The van der Waals surface area contributed by atoms with Crippen molar-refractivity contribution < 1.29 is 9.13 Å². The molecule has 0 aliphatic carbocycles. The summed E-state index contributed by atoms with van der Waals surface area (Å²) in [6.45, 7) is 0. The molecule has 14 heavy (non-hydrogen) atoms. The summed E-state index contributed by atoms with van der Waals surface area (Å²) in [6.07, 6.45) is 2.87. The van der Waals surface area contributed by atoms with Crippen molar-refractivity contribution >= 4 is 0 Å². The van der Waals surface area contributed by atoms with E-state index >= 15 is 0 Å². The Morgan fingerprint density at radius 2 is 2.00 bits per heavy atom. The second-order valence-corrected chi connectivity index (χ2v) is 2.58. The fourth-order valence-electron chi connectivity index (χ4n) is 0.979. The first-order chi connectivity index (χ1) is 6.86. The van der Waals surface area contributed by atoms with Crippen molar-refractivity contribution in [3.8, 4) is 11.6 Å². The van der Waals surface area contributed by atoms with Crippen LogP contribution in [0.5, 0.6) is 11.6 Å². The van der Waals surface area contributed by atoms with Gasteiger partial charge in [0, 0.05) is 12.3 Å². The van der Waals surface area contributed by atoms with Crippen LogP contribution in [0.25, 0.3) is 0 Å². The summed E-state index contributed by atoms with van der Waals surface area (Å²) in [6, 6.07) is 7.72. The van der Waals surface area contributed by atoms with E-state index in [0.717, 1.165) is 0 Å². The van der Waals surface area contributed by atoms with Gasteiger partial charge in [0.15, 0.2) is 11.6 Å². The molecule has 2 rings (SSSR count). The van der Waals surface area contributed by atoms with Gasteiger partial charge in [0.1, 0.15) is 6.33 Å². The number of rotatable bonds is 2. The maximum absolute atomic E-state index is 13.1. The summed E-state index contributed by atoms with van der Waals surface area (Å²) in [7, 11) is 0. The van der Waals surface area contributed by atoms with Crippen LogP contribution in [-0.2, 0) is 0 Å². The number of hydrogen-bond donors (Lipinski definition) is 0. The second-order valence-electron chi connectivity index (χ2n) is 2.58. The molecule has 3 nitrogen and oxygen atoms in total. The van der Waals surface area contributed by atoms with Crippen molar-refractivity contribution in [2.45, 2.75) is 0 Å². The van der Waals surface area contributed by atoms with E-state index in [9.17, 15) is 4.39 Å². The van der Waals surface area contributed by atoms with E-state index in [2.05, 4.69) is 9.97 Å². The lowest BCUT2D eigenvalue weighted by molar-refractivity contribution is 0.426. The summed E-state index contributed by atoms with van der Waals surface area (Å²) in [5, 5.41) is 0. The van der Waals surface area contributed by atoms with E-state index in [-0.39, 0.29) is 5.75 Å². The molecule has 0 saturated heterocycles. The quantitative estimate of drug-likeness (QED) is 0.729. The molecule has 0 bridgehead atoms. The molecule has 0 spiro atoms. The molecular formula is C10H7FN2O. The van der Waals surface area contributed by atoms with Crippen LogP contribution in [-0.4, -0.2) is 9.97 Å². The zero-order valence-corrected chi connectivity index (χ0v) is 7.22. The zero-order valence-electron chi connectivity index (χ0n) is 7.22. The summed E-state index contributed by atoms with van der Waals surface area (Å²) < 4.78 is 18.3. The maximum atomic E-state index is 13.1. The van der Waals surface area contributed by atoms with E-state index in [1.54, 1.807) is 18.2 Å². The molecule has 70 valence electrons.